The molecule has 0 amide bonds. The number of methoxy groups -OCH3 is 1. The second-order valence-corrected chi connectivity index (χ2v) is 2.91. The van der Waals surface area contributed by atoms with E-state index >= 15 is 0 Å². The average Bonchev–Trinajstić information content (AvgIpc) is 2.14. The highest BCUT2D eigenvalue weighted by atomic mass is 16.5. The second-order valence-electron chi connectivity index (χ2n) is 2.91. The molecule has 0 fully saturated rings. The normalized spacial score (nSPS) is 15.7. The van der Waals surface area contributed by atoms with E-state index in [1.165, 1.54) is 0 Å². The topological polar surface area (TPSA) is 82.0 Å². The highest BCUT2D eigenvalue weighted by Gasteiger charge is 2.09. The fourth-order valence-corrected chi connectivity index (χ4v) is 0.969. The predicted octanol–water partition coefficient (Wildman–Crippen LogP) is -1.67. The first-order chi connectivity index (χ1) is 6.24. The lowest BCUT2D eigenvalue weighted by molar-refractivity contribution is 0.0827. The van der Waals surface area contributed by atoms with Crippen molar-refractivity contribution in [1.82, 2.24) is 5.32 Å². The maximum atomic E-state index is 9.03. The van der Waals surface area contributed by atoms with E-state index in [1.54, 1.807) is 7.11 Å². The van der Waals surface area contributed by atoms with Crippen LogP contribution in [0.2, 0.25) is 0 Å². The average molecular weight is 193 g/mol. The number of nitrogens with one attached hydrogen (secondary N) is 1. The third-order valence-corrected chi connectivity index (χ3v) is 1.70. The first-order valence-electron chi connectivity index (χ1n) is 4.36. The zero-order chi connectivity index (χ0) is 10.1. The van der Waals surface area contributed by atoms with Gasteiger partial charge < -0.3 is 25.4 Å². The van der Waals surface area contributed by atoms with Crippen molar-refractivity contribution in [3.63, 3.8) is 0 Å². The molecule has 0 aliphatic carbocycles. The Morgan fingerprint density at radius 3 is 2.54 bits per heavy atom. The summed E-state index contributed by atoms with van der Waals surface area (Å²) in [6.45, 7) is 0.616. The summed E-state index contributed by atoms with van der Waals surface area (Å²) in [5.74, 6) is 0. The van der Waals surface area contributed by atoms with E-state index in [1.807, 2.05) is 0 Å². The van der Waals surface area contributed by atoms with Crippen LogP contribution in [-0.2, 0) is 4.74 Å². The molecular weight excluding hydrogens is 174 g/mol. The van der Waals surface area contributed by atoms with Gasteiger partial charge in [0.05, 0.1) is 19.3 Å². The van der Waals surface area contributed by atoms with Gasteiger partial charge in [-0.05, 0) is 6.42 Å². The molecule has 0 saturated carbocycles. The van der Waals surface area contributed by atoms with E-state index in [0.29, 0.717) is 19.6 Å². The van der Waals surface area contributed by atoms with Crippen molar-refractivity contribution in [1.29, 1.82) is 0 Å². The largest absolute Gasteiger partial charge is 0.396 e. The number of hydrogen-bond acceptors (Lipinski definition) is 5. The third-order valence-electron chi connectivity index (χ3n) is 1.70. The van der Waals surface area contributed by atoms with Gasteiger partial charge in [0.2, 0.25) is 0 Å². The summed E-state index contributed by atoms with van der Waals surface area (Å²) in [6.07, 6.45) is -0.176. The monoisotopic (exact) mass is 193 g/mol. The molecule has 0 spiro atoms. The summed E-state index contributed by atoms with van der Waals surface area (Å²) < 4.78 is 4.90. The molecule has 2 atom stereocenters. The van der Waals surface area contributed by atoms with Crippen LogP contribution in [0.5, 0.6) is 0 Å². The van der Waals surface area contributed by atoms with Crippen molar-refractivity contribution < 1.29 is 20.1 Å². The molecule has 0 aromatic rings. The number of hydrogen-bond donors (Lipinski definition) is 4. The molecule has 2 unspecified atom stereocenters. The van der Waals surface area contributed by atoms with Gasteiger partial charge in [0.25, 0.3) is 0 Å². The Morgan fingerprint density at radius 2 is 2.08 bits per heavy atom. The smallest absolute Gasteiger partial charge is 0.0895 e. The minimum Gasteiger partial charge on any atom is -0.396 e. The molecular formula is C8H19NO4. The van der Waals surface area contributed by atoms with Gasteiger partial charge in [-0.2, -0.15) is 0 Å². The van der Waals surface area contributed by atoms with Gasteiger partial charge in [-0.3, -0.25) is 0 Å². The highest BCUT2D eigenvalue weighted by Crippen LogP contribution is 1.92. The maximum absolute atomic E-state index is 9.03. The van der Waals surface area contributed by atoms with Crippen molar-refractivity contribution in [2.45, 2.75) is 18.6 Å². The molecule has 5 heteroatoms. The molecule has 0 aromatic carbocycles. The Bertz CT molecular complexity index is 106. The summed E-state index contributed by atoms with van der Waals surface area (Å²) in [5.41, 5.74) is 0. The van der Waals surface area contributed by atoms with Gasteiger partial charge in [0, 0.05) is 26.3 Å². The molecule has 0 aliphatic rings. The fraction of sp³-hybridized carbons (Fsp3) is 1.00. The highest BCUT2D eigenvalue weighted by molar-refractivity contribution is 4.68. The van der Waals surface area contributed by atoms with Crippen molar-refractivity contribution in [2.24, 2.45) is 0 Å². The Labute approximate surface area is 78.3 Å². The van der Waals surface area contributed by atoms with Gasteiger partial charge >= 0.3 is 0 Å². The van der Waals surface area contributed by atoms with Crippen LogP contribution in [0.3, 0.4) is 0 Å². The van der Waals surface area contributed by atoms with Gasteiger partial charge in [-0.15, -0.1) is 0 Å². The first kappa shape index (κ1) is 12.8. The standard InChI is InChI=1S/C8H19NO4/c1-13-6-7(2-3-10)9-4-8(12)5-11/h7-12H,2-6H2,1H3. The lowest BCUT2D eigenvalue weighted by atomic mass is 10.2. The molecule has 0 bridgehead atoms. The van der Waals surface area contributed by atoms with Crippen LogP contribution < -0.4 is 5.32 Å². The quantitative estimate of drug-likeness (QED) is 0.370. The zero-order valence-corrected chi connectivity index (χ0v) is 7.94. The number of rotatable bonds is 8. The van der Waals surface area contributed by atoms with E-state index in [0.717, 1.165) is 0 Å². The maximum Gasteiger partial charge on any atom is 0.0895 e. The minimum atomic E-state index is -0.752. The lowest BCUT2D eigenvalue weighted by Gasteiger charge is -2.18. The van der Waals surface area contributed by atoms with Crippen LogP contribution in [0.4, 0.5) is 0 Å². The fourth-order valence-electron chi connectivity index (χ4n) is 0.969. The summed E-state index contributed by atoms with van der Waals surface area (Å²) in [4.78, 5) is 0. The SMILES string of the molecule is COCC(CCO)NCC(O)CO. The summed E-state index contributed by atoms with van der Waals surface area (Å²) >= 11 is 0. The van der Waals surface area contributed by atoms with E-state index < -0.39 is 6.10 Å². The Balaban J connectivity index is 3.55. The molecule has 0 rings (SSSR count). The van der Waals surface area contributed by atoms with Crippen LogP contribution in [0.25, 0.3) is 0 Å². The van der Waals surface area contributed by atoms with E-state index in [-0.39, 0.29) is 19.3 Å². The Morgan fingerprint density at radius 1 is 1.38 bits per heavy atom. The molecule has 0 aliphatic heterocycles. The predicted molar refractivity (Wildman–Crippen MR) is 48.5 cm³/mol. The molecule has 4 N–H and O–H groups in total. The summed E-state index contributed by atoms with van der Waals surface area (Å²) in [7, 11) is 1.58. The minimum absolute atomic E-state index is 0.0243. The van der Waals surface area contributed by atoms with Crippen LogP contribution >= 0.6 is 0 Å². The Hall–Kier alpha value is -0.200. The van der Waals surface area contributed by atoms with Crippen LogP contribution in [0, 0.1) is 0 Å². The summed E-state index contributed by atoms with van der Waals surface area (Å²) in [5, 5.41) is 29.2. The van der Waals surface area contributed by atoms with Crippen LogP contribution in [-0.4, -0.2) is 60.9 Å². The number of aliphatic hydroxyl groups is 3. The molecule has 5 nitrogen and oxygen atoms in total. The molecule has 80 valence electrons. The third kappa shape index (κ3) is 6.92. The first-order valence-corrected chi connectivity index (χ1v) is 4.36. The van der Waals surface area contributed by atoms with Crippen LogP contribution in [0.15, 0.2) is 0 Å². The van der Waals surface area contributed by atoms with Crippen molar-refractivity contribution in [3.8, 4) is 0 Å². The van der Waals surface area contributed by atoms with Gasteiger partial charge in [0.15, 0.2) is 0 Å². The van der Waals surface area contributed by atoms with Gasteiger partial charge in [0.1, 0.15) is 0 Å². The second kappa shape index (κ2) is 8.40. The zero-order valence-electron chi connectivity index (χ0n) is 7.94. The number of ether oxygens (including phenoxy) is 1. The molecule has 0 aromatic heterocycles. The summed E-state index contributed by atoms with van der Waals surface area (Å²) in [6, 6.07) is 0.0243. The van der Waals surface area contributed by atoms with E-state index in [9.17, 15) is 0 Å². The Kier molecular flexibility index (Phi) is 8.27. The van der Waals surface area contributed by atoms with Gasteiger partial charge in [-0.1, -0.05) is 0 Å². The van der Waals surface area contributed by atoms with Crippen molar-refractivity contribution in [3.05, 3.63) is 0 Å². The van der Waals surface area contributed by atoms with Crippen LogP contribution in [0.1, 0.15) is 6.42 Å². The van der Waals surface area contributed by atoms with E-state index in [2.05, 4.69) is 5.32 Å². The van der Waals surface area contributed by atoms with E-state index in [4.69, 9.17) is 20.1 Å². The van der Waals surface area contributed by atoms with Crippen molar-refractivity contribution in [2.75, 3.05) is 33.5 Å². The van der Waals surface area contributed by atoms with Gasteiger partial charge in [-0.25, -0.2) is 0 Å². The lowest BCUT2D eigenvalue weighted by Crippen LogP contribution is -2.40. The molecule has 0 saturated heterocycles. The molecule has 0 heterocycles. The number of aliphatic hydroxyl groups excluding tert-OH is 3. The molecule has 13 heavy (non-hydrogen) atoms. The molecule has 0 radical (unpaired) electrons. The van der Waals surface area contributed by atoms with Crippen molar-refractivity contribution >= 4 is 0 Å².